The van der Waals surface area contributed by atoms with Crippen molar-refractivity contribution in [3.05, 3.63) is 0 Å². The summed E-state index contributed by atoms with van der Waals surface area (Å²) in [6.45, 7) is 5.56. The van der Waals surface area contributed by atoms with Gasteiger partial charge in [0.25, 0.3) is 0 Å². The SMILES string of the molecule is CC1CCC(C(C)C)C(O)(S(=O)(=O)[O-])C1.[Na+]. The Kier molecular flexibility index (Phi) is 5.98. The molecule has 1 N–H and O–H groups in total. The Morgan fingerprint density at radius 3 is 2.25 bits per heavy atom. The van der Waals surface area contributed by atoms with Crippen LogP contribution < -0.4 is 29.6 Å². The molecule has 0 aromatic heterocycles. The minimum Gasteiger partial charge on any atom is -0.746 e. The first kappa shape index (κ1) is 16.9. The van der Waals surface area contributed by atoms with E-state index < -0.39 is 21.0 Å². The maximum atomic E-state index is 11.2. The molecule has 3 unspecified atom stereocenters. The van der Waals surface area contributed by atoms with Crippen LogP contribution in [-0.4, -0.2) is 23.0 Å². The van der Waals surface area contributed by atoms with Gasteiger partial charge in [-0.1, -0.05) is 27.2 Å². The molecule has 0 bridgehead atoms. The van der Waals surface area contributed by atoms with Gasteiger partial charge in [0.15, 0.2) is 4.93 Å². The molecule has 0 aliphatic heterocycles. The number of aliphatic hydroxyl groups is 1. The van der Waals surface area contributed by atoms with Crippen molar-refractivity contribution in [3.63, 3.8) is 0 Å². The van der Waals surface area contributed by atoms with Gasteiger partial charge in [-0.25, -0.2) is 8.42 Å². The Morgan fingerprint density at radius 1 is 1.38 bits per heavy atom. The summed E-state index contributed by atoms with van der Waals surface area (Å²) in [4.78, 5) is -2.06. The van der Waals surface area contributed by atoms with Crippen LogP contribution in [0.5, 0.6) is 0 Å². The Hall–Kier alpha value is 0.870. The Labute approximate surface area is 120 Å². The molecule has 0 heterocycles. The third-order valence-electron chi connectivity index (χ3n) is 3.43. The maximum Gasteiger partial charge on any atom is 1.00 e. The van der Waals surface area contributed by atoms with Gasteiger partial charge in [0.2, 0.25) is 0 Å². The van der Waals surface area contributed by atoms with Crippen LogP contribution in [0.3, 0.4) is 0 Å². The van der Waals surface area contributed by atoms with E-state index in [4.69, 9.17) is 0 Å². The van der Waals surface area contributed by atoms with E-state index in [-0.39, 0.29) is 47.8 Å². The number of hydrogen-bond acceptors (Lipinski definition) is 4. The summed E-state index contributed by atoms with van der Waals surface area (Å²) in [5, 5.41) is 10.1. The van der Waals surface area contributed by atoms with Crippen LogP contribution >= 0.6 is 0 Å². The first-order valence-corrected chi connectivity index (χ1v) is 6.77. The molecule has 0 saturated heterocycles. The van der Waals surface area contributed by atoms with Gasteiger partial charge in [-0.2, -0.15) is 0 Å². The van der Waals surface area contributed by atoms with Crippen molar-refractivity contribution in [2.75, 3.05) is 0 Å². The average Bonchev–Trinajstić information content (AvgIpc) is 2.00. The van der Waals surface area contributed by atoms with E-state index in [1.165, 1.54) is 0 Å². The molecule has 0 amide bonds. The minimum absolute atomic E-state index is 0. The van der Waals surface area contributed by atoms with Gasteiger partial charge < -0.3 is 9.66 Å². The predicted molar refractivity (Wildman–Crippen MR) is 56.0 cm³/mol. The van der Waals surface area contributed by atoms with Crippen LogP contribution in [-0.2, 0) is 10.1 Å². The Bertz CT molecular complexity index is 328. The van der Waals surface area contributed by atoms with Crippen LogP contribution in [0.15, 0.2) is 0 Å². The van der Waals surface area contributed by atoms with Gasteiger partial charge in [-0.15, -0.1) is 0 Å². The van der Waals surface area contributed by atoms with E-state index in [0.717, 1.165) is 6.42 Å². The fourth-order valence-electron chi connectivity index (χ4n) is 2.58. The molecule has 0 radical (unpaired) electrons. The van der Waals surface area contributed by atoms with Gasteiger partial charge in [-0.3, -0.25) is 0 Å². The molecule has 1 rings (SSSR count). The van der Waals surface area contributed by atoms with Crippen molar-refractivity contribution in [2.45, 2.75) is 45.0 Å². The molecule has 1 aliphatic carbocycles. The smallest absolute Gasteiger partial charge is 0.746 e. The average molecular weight is 258 g/mol. The summed E-state index contributed by atoms with van der Waals surface area (Å²) >= 11 is 0. The molecular formula is C10H19NaO4S. The van der Waals surface area contributed by atoms with Gasteiger partial charge in [-0.05, 0) is 24.7 Å². The van der Waals surface area contributed by atoms with Gasteiger partial charge in [0, 0.05) is 5.92 Å². The minimum atomic E-state index is -4.65. The van der Waals surface area contributed by atoms with Crippen LogP contribution in [0.1, 0.15) is 40.0 Å². The third kappa shape index (κ3) is 3.21. The first-order valence-electron chi connectivity index (χ1n) is 5.36. The molecule has 0 spiro atoms. The number of rotatable bonds is 2. The topological polar surface area (TPSA) is 77.4 Å². The standard InChI is InChI=1S/C10H20O4S.Na/c1-7(2)9-5-4-8(3)6-10(9,11)15(12,13)14;/h7-9,11H,4-6H2,1-3H3,(H,12,13,14);/q;+1/p-1. The molecule has 4 nitrogen and oxygen atoms in total. The van der Waals surface area contributed by atoms with Crippen molar-refractivity contribution in [2.24, 2.45) is 17.8 Å². The summed E-state index contributed by atoms with van der Waals surface area (Å²) in [7, 11) is -4.65. The molecule has 16 heavy (non-hydrogen) atoms. The van der Waals surface area contributed by atoms with E-state index in [1.54, 1.807) is 0 Å². The van der Waals surface area contributed by atoms with E-state index in [1.807, 2.05) is 20.8 Å². The van der Waals surface area contributed by atoms with Crippen molar-refractivity contribution in [1.29, 1.82) is 0 Å². The third-order valence-corrected chi connectivity index (χ3v) is 4.76. The zero-order valence-corrected chi connectivity index (χ0v) is 13.3. The predicted octanol–water partition coefficient (Wildman–Crippen LogP) is -1.68. The summed E-state index contributed by atoms with van der Waals surface area (Å²) in [5.41, 5.74) is 0. The second-order valence-corrected chi connectivity index (χ2v) is 6.65. The van der Waals surface area contributed by atoms with E-state index >= 15 is 0 Å². The number of hydrogen-bond donors (Lipinski definition) is 1. The fourth-order valence-corrected chi connectivity index (χ4v) is 3.83. The quantitative estimate of drug-likeness (QED) is 0.474. The summed E-state index contributed by atoms with van der Waals surface area (Å²) in [5.74, 6) is -0.337. The molecule has 90 valence electrons. The molecular weight excluding hydrogens is 239 g/mol. The molecule has 0 aromatic carbocycles. The Balaban J connectivity index is 0.00000225. The van der Waals surface area contributed by atoms with Crippen molar-refractivity contribution in [1.82, 2.24) is 0 Å². The van der Waals surface area contributed by atoms with Crippen LogP contribution in [0.4, 0.5) is 0 Å². The summed E-state index contributed by atoms with van der Waals surface area (Å²) in [6, 6.07) is 0. The zero-order chi connectivity index (χ0) is 11.9. The van der Waals surface area contributed by atoms with E-state index in [9.17, 15) is 18.1 Å². The van der Waals surface area contributed by atoms with E-state index in [2.05, 4.69) is 0 Å². The second-order valence-electron chi connectivity index (χ2n) is 5.04. The van der Waals surface area contributed by atoms with Crippen molar-refractivity contribution >= 4 is 10.1 Å². The van der Waals surface area contributed by atoms with Gasteiger partial charge in [0.05, 0.1) is 0 Å². The molecule has 3 atom stereocenters. The van der Waals surface area contributed by atoms with E-state index in [0.29, 0.717) is 6.42 Å². The van der Waals surface area contributed by atoms with Crippen LogP contribution in [0.25, 0.3) is 0 Å². The van der Waals surface area contributed by atoms with Crippen LogP contribution in [0.2, 0.25) is 0 Å². The Morgan fingerprint density at radius 2 is 1.88 bits per heavy atom. The van der Waals surface area contributed by atoms with Gasteiger partial charge in [0.1, 0.15) is 10.1 Å². The van der Waals surface area contributed by atoms with Crippen molar-refractivity contribution in [3.8, 4) is 0 Å². The largest absolute Gasteiger partial charge is 1.00 e. The monoisotopic (exact) mass is 258 g/mol. The zero-order valence-electron chi connectivity index (χ0n) is 10.4. The molecule has 6 heteroatoms. The maximum absolute atomic E-state index is 11.2. The molecule has 1 saturated carbocycles. The normalized spacial score (nSPS) is 35.9. The molecule has 0 aromatic rings. The fraction of sp³-hybridized carbons (Fsp3) is 1.00. The summed E-state index contributed by atoms with van der Waals surface area (Å²) in [6.07, 6.45) is 1.55. The molecule has 1 aliphatic rings. The second kappa shape index (κ2) is 5.67. The van der Waals surface area contributed by atoms with Gasteiger partial charge >= 0.3 is 29.6 Å². The van der Waals surface area contributed by atoms with Crippen molar-refractivity contribution < 1.29 is 47.6 Å². The van der Waals surface area contributed by atoms with Crippen LogP contribution in [0, 0.1) is 17.8 Å². The summed E-state index contributed by atoms with van der Waals surface area (Å²) < 4.78 is 33.5. The molecule has 1 fully saturated rings. The first-order chi connectivity index (χ1) is 6.68.